The van der Waals surface area contributed by atoms with Crippen LogP contribution in [0, 0.1) is 6.92 Å². The van der Waals surface area contributed by atoms with Crippen LogP contribution in [-0.4, -0.2) is 13.1 Å². The number of aryl methyl sites for hydroxylation is 1. The Morgan fingerprint density at radius 2 is 1.76 bits per heavy atom. The summed E-state index contributed by atoms with van der Waals surface area (Å²) in [4.78, 5) is 0. The van der Waals surface area contributed by atoms with Crippen molar-refractivity contribution < 1.29 is 4.74 Å². The van der Waals surface area contributed by atoms with Crippen molar-refractivity contribution in [2.75, 3.05) is 13.1 Å². The lowest BCUT2D eigenvalue weighted by Crippen LogP contribution is -2.39. The molecule has 0 atom stereocenters. The van der Waals surface area contributed by atoms with Crippen LogP contribution in [-0.2, 0) is 16.9 Å². The second-order valence-corrected chi connectivity index (χ2v) is 6.40. The van der Waals surface area contributed by atoms with Gasteiger partial charge in [-0.3, -0.25) is 0 Å². The fraction of sp³-hybridized carbons (Fsp3) is 0.684. The molecule has 0 radical (unpaired) electrons. The first-order valence-electron chi connectivity index (χ1n) is 8.66. The average molecular weight is 289 g/mol. The average Bonchev–Trinajstić information content (AvgIpc) is 2.84. The Labute approximate surface area is 130 Å². The molecular formula is C19H31NO. The van der Waals surface area contributed by atoms with Gasteiger partial charge in [0.2, 0.25) is 0 Å². The Kier molecular flexibility index (Phi) is 6.25. The number of unbranched alkanes of at least 4 members (excludes halogenated alkanes) is 3. The lowest BCUT2D eigenvalue weighted by atomic mass is 9.84. The highest BCUT2D eigenvalue weighted by molar-refractivity contribution is 5.38. The Morgan fingerprint density at radius 3 is 2.38 bits per heavy atom. The van der Waals surface area contributed by atoms with Gasteiger partial charge in [-0.2, -0.15) is 0 Å². The zero-order valence-corrected chi connectivity index (χ0v) is 14.0. The van der Waals surface area contributed by atoms with Crippen LogP contribution in [0.1, 0.15) is 69.1 Å². The number of rotatable bonds is 3. The van der Waals surface area contributed by atoms with Gasteiger partial charge in [-0.15, -0.1) is 0 Å². The lowest BCUT2D eigenvalue weighted by Gasteiger charge is -2.34. The van der Waals surface area contributed by atoms with Crippen LogP contribution >= 0.6 is 0 Å². The van der Waals surface area contributed by atoms with Gasteiger partial charge in [0.1, 0.15) is 0 Å². The Morgan fingerprint density at radius 1 is 1.10 bits per heavy atom. The van der Waals surface area contributed by atoms with Gasteiger partial charge in [-0.1, -0.05) is 63.3 Å². The third-order valence-corrected chi connectivity index (χ3v) is 4.62. The first kappa shape index (κ1) is 16.5. The molecule has 118 valence electrons. The number of fused-ring (bicyclic) bond motifs is 2. The highest BCUT2D eigenvalue weighted by Gasteiger charge is 2.40. The summed E-state index contributed by atoms with van der Waals surface area (Å²) in [6.45, 7) is 9.57. The molecule has 2 heteroatoms. The fourth-order valence-corrected chi connectivity index (χ4v) is 3.32. The predicted octanol–water partition coefficient (Wildman–Crippen LogP) is 4.69. The van der Waals surface area contributed by atoms with Crippen LogP contribution in [0.3, 0.4) is 0 Å². The molecule has 2 aliphatic rings. The first-order valence-corrected chi connectivity index (χ1v) is 8.66. The monoisotopic (exact) mass is 289 g/mol. The summed E-state index contributed by atoms with van der Waals surface area (Å²) in [6, 6.07) is 6.74. The van der Waals surface area contributed by atoms with Crippen LogP contribution < -0.4 is 5.32 Å². The standard InChI is InChI=1S/C13H17NO.C6H14/c1-10-2-3-12-11(8-10)9-15-13(12)4-6-14-7-5-13;1-3-5-6-4-2/h2-3,8,14H,4-7,9H2,1H3;3-6H2,1-2H3. The molecule has 1 fully saturated rings. The SMILES string of the molecule is CCCCCC.Cc1ccc2c(c1)COC21CCNCC1. The van der Waals surface area contributed by atoms with Gasteiger partial charge in [0, 0.05) is 0 Å². The molecular weight excluding hydrogens is 258 g/mol. The van der Waals surface area contributed by atoms with Gasteiger partial charge in [0.15, 0.2) is 0 Å². The lowest BCUT2D eigenvalue weighted by molar-refractivity contribution is -0.0590. The van der Waals surface area contributed by atoms with Gasteiger partial charge in [-0.05, 0) is 44.0 Å². The first-order chi connectivity index (χ1) is 10.2. The second-order valence-electron chi connectivity index (χ2n) is 6.40. The van der Waals surface area contributed by atoms with Crippen molar-refractivity contribution in [3.63, 3.8) is 0 Å². The summed E-state index contributed by atoms with van der Waals surface area (Å²) in [7, 11) is 0. The van der Waals surface area contributed by atoms with E-state index in [1.54, 1.807) is 0 Å². The largest absolute Gasteiger partial charge is 0.365 e. The number of piperidine rings is 1. The summed E-state index contributed by atoms with van der Waals surface area (Å²) in [5.74, 6) is 0. The van der Waals surface area contributed by atoms with E-state index >= 15 is 0 Å². The molecule has 1 spiro atoms. The van der Waals surface area contributed by atoms with Crippen molar-refractivity contribution in [3.05, 3.63) is 34.9 Å². The smallest absolute Gasteiger partial charge is 0.0963 e. The van der Waals surface area contributed by atoms with Crippen molar-refractivity contribution in [2.24, 2.45) is 0 Å². The zero-order valence-electron chi connectivity index (χ0n) is 14.0. The minimum atomic E-state index is 0.0360. The van der Waals surface area contributed by atoms with Crippen LogP contribution in [0.25, 0.3) is 0 Å². The molecule has 0 aromatic heterocycles. The minimum absolute atomic E-state index is 0.0360. The Hall–Kier alpha value is -0.860. The fourth-order valence-electron chi connectivity index (χ4n) is 3.32. The predicted molar refractivity (Wildman–Crippen MR) is 89.6 cm³/mol. The van der Waals surface area contributed by atoms with Crippen molar-refractivity contribution in [1.29, 1.82) is 0 Å². The Balaban J connectivity index is 0.000000232. The van der Waals surface area contributed by atoms with E-state index < -0.39 is 0 Å². The van der Waals surface area contributed by atoms with Crippen LogP contribution in [0.2, 0.25) is 0 Å². The molecule has 1 aromatic carbocycles. The van der Waals surface area contributed by atoms with Gasteiger partial charge < -0.3 is 10.1 Å². The summed E-state index contributed by atoms with van der Waals surface area (Å²) in [6.07, 6.45) is 7.76. The van der Waals surface area contributed by atoms with E-state index in [9.17, 15) is 0 Å². The van der Waals surface area contributed by atoms with E-state index in [2.05, 4.69) is 44.3 Å². The van der Waals surface area contributed by atoms with E-state index in [1.807, 2.05) is 0 Å². The van der Waals surface area contributed by atoms with Crippen LogP contribution in [0.4, 0.5) is 0 Å². The maximum atomic E-state index is 6.07. The van der Waals surface area contributed by atoms with Gasteiger partial charge >= 0.3 is 0 Å². The minimum Gasteiger partial charge on any atom is -0.365 e. The zero-order chi connectivity index (χ0) is 15.1. The summed E-state index contributed by atoms with van der Waals surface area (Å²) in [5.41, 5.74) is 4.21. The van der Waals surface area contributed by atoms with E-state index in [0.717, 1.165) is 32.5 Å². The molecule has 0 aliphatic carbocycles. The van der Waals surface area contributed by atoms with Gasteiger partial charge in [0.05, 0.1) is 12.2 Å². The van der Waals surface area contributed by atoms with E-state index in [0.29, 0.717) is 0 Å². The van der Waals surface area contributed by atoms with Gasteiger partial charge in [0.25, 0.3) is 0 Å². The number of ether oxygens (including phenoxy) is 1. The topological polar surface area (TPSA) is 21.3 Å². The molecule has 1 aromatic rings. The molecule has 1 saturated heterocycles. The van der Waals surface area contributed by atoms with E-state index in [4.69, 9.17) is 4.74 Å². The van der Waals surface area contributed by atoms with Crippen molar-refractivity contribution >= 4 is 0 Å². The van der Waals surface area contributed by atoms with Crippen molar-refractivity contribution in [2.45, 2.75) is 71.5 Å². The number of hydrogen-bond acceptors (Lipinski definition) is 2. The highest BCUT2D eigenvalue weighted by Crippen LogP contribution is 2.42. The van der Waals surface area contributed by atoms with Crippen LogP contribution in [0.15, 0.2) is 18.2 Å². The third kappa shape index (κ3) is 4.08. The molecule has 0 bridgehead atoms. The molecule has 1 N–H and O–H groups in total. The maximum Gasteiger partial charge on any atom is 0.0963 e. The van der Waals surface area contributed by atoms with Crippen LogP contribution in [0.5, 0.6) is 0 Å². The molecule has 2 aliphatic heterocycles. The molecule has 21 heavy (non-hydrogen) atoms. The molecule has 0 unspecified atom stereocenters. The quantitative estimate of drug-likeness (QED) is 0.815. The third-order valence-electron chi connectivity index (χ3n) is 4.62. The molecule has 0 saturated carbocycles. The summed E-state index contributed by atoms with van der Waals surface area (Å²) >= 11 is 0. The number of hydrogen-bond donors (Lipinski definition) is 1. The molecule has 3 rings (SSSR count). The van der Waals surface area contributed by atoms with E-state index in [-0.39, 0.29) is 5.60 Å². The number of benzene rings is 1. The maximum absolute atomic E-state index is 6.07. The normalized spacial score (nSPS) is 19.0. The van der Waals surface area contributed by atoms with E-state index in [1.165, 1.54) is 42.4 Å². The number of nitrogens with one attached hydrogen (secondary N) is 1. The van der Waals surface area contributed by atoms with Crippen molar-refractivity contribution in [1.82, 2.24) is 5.32 Å². The second kappa shape index (κ2) is 7.95. The highest BCUT2D eigenvalue weighted by atomic mass is 16.5. The van der Waals surface area contributed by atoms with Gasteiger partial charge in [-0.25, -0.2) is 0 Å². The summed E-state index contributed by atoms with van der Waals surface area (Å²) < 4.78 is 6.07. The Bertz CT molecular complexity index is 431. The molecule has 0 amide bonds. The molecule has 2 nitrogen and oxygen atoms in total. The van der Waals surface area contributed by atoms with Crippen molar-refractivity contribution in [3.8, 4) is 0 Å². The molecule has 2 heterocycles. The summed E-state index contributed by atoms with van der Waals surface area (Å²) in [5, 5.41) is 3.40.